The van der Waals surface area contributed by atoms with Gasteiger partial charge in [-0.2, -0.15) is 0 Å². The second kappa shape index (κ2) is 7.25. The average molecular weight is 496 g/mol. The molecule has 4 heterocycles. The van der Waals surface area contributed by atoms with E-state index >= 15 is 0 Å². The molecule has 3 unspecified atom stereocenters. The Kier molecular flexibility index (Phi) is 4.48. The van der Waals surface area contributed by atoms with E-state index in [0.29, 0.717) is 21.5 Å². The summed E-state index contributed by atoms with van der Waals surface area (Å²) < 4.78 is 9.22. The Labute approximate surface area is 190 Å². The molecule has 8 heteroatoms. The zero-order valence-corrected chi connectivity index (χ0v) is 18.8. The number of para-hydroxylation sites is 1. The first-order valence-electron chi connectivity index (χ1n) is 10.2. The number of fused-ring (bicyclic) bond motifs is 4. The molecule has 1 amide bonds. The van der Waals surface area contributed by atoms with Gasteiger partial charge >= 0.3 is 0 Å². The van der Waals surface area contributed by atoms with E-state index in [9.17, 15) is 9.59 Å². The molecule has 0 aliphatic carbocycles. The number of ether oxygens (including phenoxy) is 1. The number of carbonyl (C=O) groups excluding carboxylic acids is 1. The fourth-order valence-corrected chi connectivity index (χ4v) is 6.33. The van der Waals surface area contributed by atoms with E-state index in [2.05, 4.69) is 33.4 Å². The smallest absolute Gasteiger partial charge is 0.273 e. The summed E-state index contributed by atoms with van der Waals surface area (Å²) in [5.74, 6) is -0.174. The normalized spacial score (nSPS) is 25.8. The van der Waals surface area contributed by atoms with Gasteiger partial charge in [-0.3, -0.25) is 19.1 Å². The lowest BCUT2D eigenvalue weighted by Crippen LogP contribution is -2.45. The van der Waals surface area contributed by atoms with Crippen LogP contribution in [0.25, 0.3) is 5.57 Å². The molecule has 3 aliphatic heterocycles. The molecule has 31 heavy (non-hydrogen) atoms. The molecule has 3 aromatic rings. The van der Waals surface area contributed by atoms with Crippen molar-refractivity contribution in [2.75, 3.05) is 11.9 Å². The Balaban J connectivity index is 1.62. The van der Waals surface area contributed by atoms with E-state index in [4.69, 9.17) is 9.73 Å². The Morgan fingerprint density at radius 3 is 2.90 bits per heavy atom. The van der Waals surface area contributed by atoms with Crippen LogP contribution >= 0.6 is 27.3 Å². The van der Waals surface area contributed by atoms with Crippen LogP contribution in [0, 0.1) is 5.92 Å². The SMILES string of the molecule is O=C1Nc2ccccc2/C1=c1/sc2n(c1=O)C1OCCCC1C(c1cccc(Br)c1)N=2. The number of benzene rings is 2. The number of anilines is 1. The van der Waals surface area contributed by atoms with E-state index in [1.54, 1.807) is 4.57 Å². The molecule has 1 saturated heterocycles. The van der Waals surface area contributed by atoms with Crippen LogP contribution in [-0.2, 0) is 9.53 Å². The molecule has 1 aromatic heterocycles. The highest BCUT2D eigenvalue weighted by Gasteiger charge is 2.40. The van der Waals surface area contributed by atoms with Gasteiger partial charge in [0, 0.05) is 28.2 Å². The highest BCUT2D eigenvalue weighted by molar-refractivity contribution is 9.10. The topological polar surface area (TPSA) is 72.7 Å². The summed E-state index contributed by atoms with van der Waals surface area (Å²) in [6.07, 6.45) is 1.50. The largest absolute Gasteiger partial charge is 0.357 e. The maximum Gasteiger partial charge on any atom is 0.273 e. The fourth-order valence-electron chi connectivity index (χ4n) is 4.79. The van der Waals surface area contributed by atoms with Gasteiger partial charge in [-0.1, -0.05) is 57.6 Å². The Hall–Kier alpha value is -2.55. The maximum atomic E-state index is 13.5. The standard InChI is InChI=1S/C23H18BrN3O3S/c24-13-6-3-5-12(11-13)18-15-8-4-10-30-22(15)27-21(29)19(31-23(27)26-18)17-14-7-1-2-9-16(14)25-20(17)28/h1-3,5-7,9,11,15,18,22H,4,8,10H2,(H,25,28)/b19-17-. The molecular weight excluding hydrogens is 478 g/mol. The number of aromatic nitrogens is 1. The van der Waals surface area contributed by atoms with E-state index in [0.717, 1.165) is 34.1 Å². The number of hydrogen-bond acceptors (Lipinski definition) is 5. The van der Waals surface area contributed by atoms with Crippen LogP contribution in [0.1, 0.15) is 36.2 Å². The highest BCUT2D eigenvalue weighted by Crippen LogP contribution is 2.42. The van der Waals surface area contributed by atoms with Gasteiger partial charge in [0.1, 0.15) is 10.8 Å². The number of thiazole rings is 1. The maximum absolute atomic E-state index is 13.5. The summed E-state index contributed by atoms with van der Waals surface area (Å²) in [6.45, 7) is 0.614. The number of nitrogens with zero attached hydrogens (tertiary/aromatic N) is 2. The van der Waals surface area contributed by atoms with Crippen molar-refractivity contribution in [3.05, 3.63) is 83.8 Å². The average Bonchev–Trinajstić information content (AvgIpc) is 3.28. The van der Waals surface area contributed by atoms with Crippen LogP contribution in [0.3, 0.4) is 0 Å². The van der Waals surface area contributed by atoms with E-state index in [-0.39, 0.29) is 29.7 Å². The number of rotatable bonds is 1. The lowest BCUT2D eigenvalue weighted by atomic mass is 9.86. The summed E-state index contributed by atoms with van der Waals surface area (Å²) in [5.41, 5.74) is 2.81. The van der Waals surface area contributed by atoms with Crippen molar-refractivity contribution in [2.24, 2.45) is 10.9 Å². The number of hydrogen-bond donors (Lipinski definition) is 1. The van der Waals surface area contributed by atoms with Crippen LogP contribution in [0.5, 0.6) is 0 Å². The predicted molar refractivity (Wildman–Crippen MR) is 122 cm³/mol. The van der Waals surface area contributed by atoms with Crippen molar-refractivity contribution in [1.82, 2.24) is 4.57 Å². The van der Waals surface area contributed by atoms with Gasteiger partial charge in [0.2, 0.25) is 0 Å². The number of nitrogens with one attached hydrogen (secondary N) is 1. The Bertz CT molecular complexity index is 1410. The molecule has 6 rings (SSSR count). The molecule has 2 aromatic carbocycles. The van der Waals surface area contributed by atoms with Gasteiger partial charge in [0.25, 0.3) is 11.5 Å². The molecule has 156 valence electrons. The summed E-state index contributed by atoms with van der Waals surface area (Å²) in [5, 5.41) is 2.87. The Morgan fingerprint density at radius 2 is 2.03 bits per heavy atom. The van der Waals surface area contributed by atoms with Gasteiger partial charge in [0.15, 0.2) is 4.80 Å². The van der Waals surface area contributed by atoms with Gasteiger partial charge < -0.3 is 10.1 Å². The quantitative estimate of drug-likeness (QED) is 0.563. The second-order valence-corrected chi connectivity index (χ2v) is 9.85. The monoisotopic (exact) mass is 495 g/mol. The van der Waals surface area contributed by atoms with E-state index in [1.807, 2.05) is 36.4 Å². The van der Waals surface area contributed by atoms with Crippen LogP contribution in [-0.4, -0.2) is 17.1 Å². The van der Waals surface area contributed by atoms with Crippen molar-refractivity contribution in [3.8, 4) is 0 Å². The molecular formula is C23H18BrN3O3S. The first kappa shape index (κ1) is 19.2. The van der Waals surface area contributed by atoms with E-state index < -0.39 is 0 Å². The zero-order chi connectivity index (χ0) is 21.1. The molecule has 3 atom stereocenters. The minimum Gasteiger partial charge on any atom is -0.357 e. The fraction of sp³-hybridized carbons (Fsp3) is 0.261. The molecule has 0 radical (unpaired) electrons. The third-order valence-electron chi connectivity index (χ3n) is 6.15. The number of halogens is 1. The minimum absolute atomic E-state index is 0.0744. The first-order valence-corrected chi connectivity index (χ1v) is 11.8. The van der Waals surface area contributed by atoms with Crippen molar-refractivity contribution < 1.29 is 9.53 Å². The summed E-state index contributed by atoms with van der Waals surface area (Å²) in [4.78, 5) is 31.9. The van der Waals surface area contributed by atoms with Crippen molar-refractivity contribution in [3.63, 3.8) is 0 Å². The summed E-state index contributed by atoms with van der Waals surface area (Å²) >= 11 is 4.84. The first-order chi connectivity index (χ1) is 15.1. The summed E-state index contributed by atoms with van der Waals surface area (Å²) in [7, 11) is 0. The third kappa shape index (κ3) is 2.96. The van der Waals surface area contributed by atoms with Crippen LogP contribution in [0.15, 0.2) is 62.8 Å². The molecule has 1 fully saturated rings. The minimum atomic E-state index is -0.372. The van der Waals surface area contributed by atoms with E-state index in [1.165, 1.54) is 11.3 Å². The van der Waals surface area contributed by atoms with Crippen LogP contribution in [0.4, 0.5) is 5.69 Å². The summed E-state index contributed by atoms with van der Waals surface area (Å²) in [6, 6.07) is 15.5. The number of carbonyl (C=O) groups is 1. The van der Waals surface area contributed by atoms with Gasteiger partial charge in [-0.15, -0.1) is 0 Å². The molecule has 6 nitrogen and oxygen atoms in total. The van der Waals surface area contributed by atoms with Gasteiger partial charge in [0.05, 0.1) is 11.6 Å². The second-order valence-electron chi connectivity index (χ2n) is 7.96. The van der Waals surface area contributed by atoms with Crippen molar-refractivity contribution >= 4 is 44.4 Å². The van der Waals surface area contributed by atoms with Gasteiger partial charge in [-0.25, -0.2) is 0 Å². The lowest BCUT2D eigenvalue weighted by molar-refractivity contribution is -0.110. The predicted octanol–water partition coefficient (Wildman–Crippen LogP) is 3.12. The Morgan fingerprint density at radius 1 is 1.16 bits per heavy atom. The molecule has 1 N–H and O–H groups in total. The van der Waals surface area contributed by atoms with Crippen molar-refractivity contribution in [2.45, 2.75) is 25.1 Å². The highest BCUT2D eigenvalue weighted by atomic mass is 79.9. The molecule has 0 spiro atoms. The zero-order valence-electron chi connectivity index (χ0n) is 16.4. The lowest BCUT2D eigenvalue weighted by Gasteiger charge is -2.38. The molecule has 3 aliphatic rings. The third-order valence-corrected chi connectivity index (χ3v) is 7.71. The molecule has 0 bridgehead atoms. The van der Waals surface area contributed by atoms with Crippen LogP contribution in [0.2, 0.25) is 0 Å². The van der Waals surface area contributed by atoms with Crippen LogP contribution < -0.4 is 20.2 Å². The van der Waals surface area contributed by atoms with Crippen molar-refractivity contribution in [1.29, 1.82) is 0 Å². The van der Waals surface area contributed by atoms with Gasteiger partial charge in [-0.05, 0) is 36.6 Å². The number of amides is 1. The molecule has 0 saturated carbocycles.